The molecule has 0 amide bonds. The second-order valence-corrected chi connectivity index (χ2v) is 4.36. The largest absolute Gasteiger partial charge is 0.389 e. The van der Waals surface area contributed by atoms with Crippen molar-refractivity contribution in [1.29, 1.82) is 0 Å². The molecule has 0 heterocycles. The Labute approximate surface area is 81.5 Å². The van der Waals surface area contributed by atoms with Crippen molar-refractivity contribution in [3.63, 3.8) is 0 Å². The summed E-state index contributed by atoms with van der Waals surface area (Å²) in [6.07, 6.45) is 0.602. The van der Waals surface area contributed by atoms with Crippen molar-refractivity contribution in [3.8, 4) is 0 Å². The quantitative estimate of drug-likeness (QED) is 0.616. The first-order valence-corrected chi connectivity index (χ1v) is 4.96. The summed E-state index contributed by atoms with van der Waals surface area (Å²) in [7, 11) is 0. The standard InChI is InChI=1S/C10H23NO2/c1-5-6-13-8-9(12)7-11-10(2,3)4/h9,11-12H,5-8H2,1-4H3. The van der Waals surface area contributed by atoms with Gasteiger partial charge in [-0.3, -0.25) is 0 Å². The van der Waals surface area contributed by atoms with Crippen LogP contribution in [0, 0.1) is 0 Å². The Hall–Kier alpha value is -0.120. The zero-order chi connectivity index (χ0) is 10.3. The van der Waals surface area contributed by atoms with Gasteiger partial charge in [0.25, 0.3) is 0 Å². The summed E-state index contributed by atoms with van der Waals surface area (Å²) in [6.45, 7) is 10.0. The van der Waals surface area contributed by atoms with Gasteiger partial charge in [-0.15, -0.1) is 0 Å². The molecule has 0 rings (SSSR count). The van der Waals surface area contributed by atoms with Crippen molar-refractivity contribution in [2.24, 2.45) is 0 Å². The molecule has 0 aliphatic carbocycles. The Balaban J connectivity index is 3.35. The van der Waals surface area contributed by atoms with Crippen molar-refractivity contribution < 1.29 is 9.84 Å². The minimum Gasteiger partial charge on any atom is -0.389 e. The number of ether oxygens (including phenoxy) is 1. The monoisotopic (exact) mass is 189 g/mol. The summed E-state index contributed by atoms with van der Waals surface area (Å²) in [5.74, 6) is 0. The van der Waals surface area contributed by atoms with Gasteiger partial charge in [0, 0.05) is 18.7 Å². The van der Waals surface area contributed by atoms with E-state index in [1.807, 2.05) is 0 Å². The van der Waals surface area contributed by atoms with E-state index in [-0.39, 0.29) is 5.54 Å². The topological polar surface area (TPSA) is 41.5 Å². The van der Waals surface area contributed by atoms with E-state index in [1.165, 1.54) is 0 Å². The lowest BCUT2D eigenvalue weighted by Gasteiger charge is -2.22. The molecule has 13 heavy (non-hydrogen) atoms. The first-order valence-electron chi connectivity index (χ1n) is 4.96. The summed E-state index contributed by atoms with van der Waals surface area (Å²) in [6, 6.07) is 0. The fourth-order valence-electron chi connectivity index (χ4n) is 0.847. The van der Waals surface area contributed by atoms with Gasteiger partial charge >= 0.3 is 0 Å². The fourth-order valence-corrected chi connectivity index (χ4v) is 0.847. The van der Waals surface area contributed by atoms with E-state index < -0.39 is 6.10 Å². The maximum Gasteiger partial charge on any atom is 0.0897 e. The van der Waals surface area contributed by atoms with Crippen LogP contribution < -0.4 is 5.32 Å². The molecule has 1 atom stereocenters. The summed E-state index contributed by atoms with van der Waals surface area (Å²) < 4.78 is 5.22. The third kappa shape index (κ3) is 9.80. The van der Waals surface area contributed by atoms with Gasteiger partial charge in [0.2, 0.25) is 0 Å². The van der Waals surface area contributed by atoms with Gasteiger partial charge in [0.1, 0.15) is 0 Å². The van der Waals surface area contributed by atoms with Crippen LogP contribution >= 0.6 is 0 Å². The molecule has 0 aliphatic rings. The molecule has 0 spiro atoms. The van der Waals surface area contributed by atoms with E-state index in [4.69, 9.17) is 4.74 Å². The maximum absolute atomic E-state index is 9.45. The van der Waals surface area contributed by atoms with Gasteiger partial charge in [0.15, 0.2) is 0 Å². The second-order valence-electron chi connectivity index (χ2n) is 4.36. The Kier molecular flexibility index (Phi) is 6.29. The number of rotatable bonds is 6. The Bertz CT molecular complexity index is 121. The minimum absolute atomic E-state index is 0.0612. The molecule has 0 saturated heterocycles. The van der Waals surface area contributed by atoms with Crippen LogP contribution in [0.3, 0.4) is 0 Å². The molecule has 0 radical (unpaired) electrons. The van der Waals surface area contributed by atoms with Crippen LogP contribution in [0.25, 0.3) is 0 Å². The fraction of sp³-hybridized carbons (Fsp3) is 1.00. The van der Waals surface area contributed by atoms with E-state index in [0.29, 0.717) is 13.2 Å². The molecule has 1 unspecified atom stereocenters. The number of nitrogens with one attached hydrogen (secondary N) is 1. The molecule has 0 aromatic carbocycles. The first kappa shape index (κ1) is 12.9. The van der Waals surface area contributed by atoms with Crippen molar-refractivity contribution >= 4 is 0 Å². The van der Waals surface area contributed by atoms with Crippen LogP contribution in [-0.2, 0) is 4.74 Å². The molecule has 0 saturated carbocycles. The SMILES string of the molecule is CCCOCC(O)CNC(C)(C)C. The van der Waals surface area contributed by atoms with Gasteiger partial charge in [-0.05, 0) is 27.2 Å². The number of hydrogen-bond donors (Lipinski definition) is 2. The Morgan fingerprint density at radius 3 is 2.46 bits per heavy atom. The zero-order valence-corrected chi connectivity index (χ0v) is 9.26. The van der Waals surface area contributed by atoms with Crippen LogP contribution in [-0.4, -0.2) is 36.5 Å². The van der Waals surface area contributed by atoms with Crippen molar-refractivity contribution in [3.05, 3.63) is 0 Å². The highest BCUT2D eigenvalue weighted by atomic mass is 16.5. The summed E-state index contributed by atoms with van der Waals surface area (Å²) >= 11 is 0. The molecule has 0 fully saturated rings. The van der Waals surface area contributed by atoms with E-state index in [9.17, 15) is 5.11 Å². The highest BCUT2D eigenvalue weighted by molar-refractivity contribution is 4.72. The van der Waals surface area contributed by atoms with Crippen molar-refractivity contribution in [2.75, 3.05) is 19.8 Å². The summed E-state index contributed by atoms with van der Waals surface area (Å²) in [5.41, 5.74) is 0.0612. The molecule has 0 aliphatic heterocycles. The molecule has 0 aromatic rings. The van der Waals surface area contributed by atoms with E-state index in [1.54, 1.807) is 0 Å². The van der Waals surface area contributed by atoms with E-state index >= 15 is 0 Å². The zero-order valence-electron chi connectivity index (χ0n) is 9.26. The predicted molar refractivity (Wildman–Crippen MR) is 54.9 cm³/mol. The Morgan fingerprint density at radius 1 is 1.38 bits per heavy atom. The van der Waals surface area contributed by atoms with Crippen LogP contribution in [0.2, 0.25) is 0 Å². The maximum atomic E-state index is 9.45. The first-order chi connectivity index (χ1) is 5.95. The third-order valence-electron chi connectivity index (χ3n) is 1.53. The van der Waals surface area contributed by atoms with Gasteiger partial charge < -0.3 is 15.2 Å². The molecule has 3 nitrogen and oxygen atoms in total. The predicted octanol–water partition coefficient (Wildman–Crippen LogP) is 1.16. The normalized spacial score (nSPS) is 14.5. The van der Waals surface area contributed by atoms with Crippen LogP contribution in [0.1, 0.15) is 34.1 Å². The average molecular weight is 189 g/mol. The number of β-amino-alcohol motifs (C(OH)–C–C–N with tert-alkyl or cyclic N) is 1. The Morgan fingerprint density at radius 2 is 2.00 bits per heavy atom. The number of aliphatic hydroxyl groups is 1. The lowest BCUT2D eigenvalue weighted by molar-refractivity contribution is 0.0344. The van der Waals surface area contributed by atoms with Crippen molar-refractivity contribution in [2.45, 2.75) is 45.8 Å². The highest BCUT2D eigenvalue weighted by Gasteiger charge is 2.11. The average Bonchev–Trinajstić information content (AvgIpc) is 2.00. The molecular weight excluding hydrogens is 166 g/mol. The molecular formula is C10H23NO2. The van der Waals surface area contributed by atoms with Crippen LogP contribution in [0.4, 0.5) is 0 Å². The van der Waals surface area contributed by atoms with E-state index in [0.717, 1.165) is 13.0 Å². The lowest BCUT2D eigenvalue weighted by atomic mass is 10.1. The van der Waals surface area contributed by atoms with Gasteiger partial charge in [-0.1, -0.05) is 6.92 Å². The summed E-state index contributed by atoms with van der Waals surface area (Å²) in [4.78, 5) is 0. The van der Waals surface area contributed by atoms with Gasteiger partial charge in [-0.2, -0.15) is 0 Å². The summed E-state index contributed by atoms with van der Waals surface area (Å²) in [5, 5.41) is 12.7. The van der Waals surface area contributed by atoms with Gasteiger partial charge in [-0.25, -0.2) is 0 Å². The molecule has 80 valence electrons. The molecule has 0 bridgehead atoms. The third-order valence-corrected chi connectivity index (χ3v) is 1.53. The molecule has 3 heteroatoms. The van der Waals surface area contributed by atoms with Crippen LogP contribution in [0.15, 0.2) is 0 Å². The number of aliphatic hydroxyl groups excluding tert-OH is 1. The lowest BCUT2D eigenvalue weighted by Crippen LogP contribution is -2.42. The van der Waals surface area contributed by atoms with Gasteiger partial charge in [0.05, 0.1) is 12.7 Å². The van der Waals surface area contributed by atoms with Crippen LogP contribution in [0.5, 0.6) is 0 Å². The second kappa shape index (κ2) is 6.35. The smallest absolute Gasteiger partial charge is 0.0897 e. The highest BCUT2D eigenvalue weighted by Crippen LogP contribution is 1.98. The van der Waals surface area contributed by atoms with E-state index in [2.05, 4.69) is 33.0 Å². The molecule has 2 N–H and O–H groups in total. The number of hydrogen-bond acceptors (Lipinski definition) is 3. The molecule has 0 aromatic heterocycles. The van der Waals surface area contributed by atoms with Crippen molar-refractivity contribution in [1.82, 2.24) is 5.32 Å². The minimum atomic E-state index is -0.397.